The molecule has 0 rings (SSSR count). The van der Waals surface area contributed by atoms with Gasteiger partial charge in [0.15, 0.2) is 0 Å². The summed E-state index contributed by atoms with van der Waals surface area (Å²) in [6.45, 7) is 0.313. The van der Waals surface area contributed by atoms with Gasteiger partial charge in [0.1, 0.15) is 0 Å². The van der Waals surface area contributed by atoms with Crippen LogP contribution in [-0.2, 0) is 0 Å². The van der Waals surface area contributed by atoms with E-state index >= 15 is 0 Å². The molecule has 1 N–H and O–H groups in total. The molecular formula is C12H18O. The van der Waals surface area contributed by atoms with Gasteiger partial charge in [0.05, 0.1) is 0 Å². The summed E-state index contributed by atoms with van der Waals surface area (Å²) in [5, 5.41) is 8.52. The van der Waals surface area contributed by atoms with E-state index in [0.717, 1.165) is 38.5 Å². The smallest absolute Gasteiger partial charge is 0.0431 e. The maximum Gasteiger partial charge on any atom is 0.0431 e. The first-order chi connectivity index (χ1) is 6.41. The maximum atomic E-state index is 8.52. The highest BCUT2D eigenvalue weighted by molar-refractivity contribution is 5.01. The Bertz CT molecular complexity index is 189. The van der Waals surface area contributed by atoms with Crippen LogP contribution in [0.4, 0.5) is 0 Å². The van der Waals surface area contributed by atoms with Crippen LogP contribution in [0.3, 0.4) is 0 Å². The van der Waals surface area contributed by atoms with Gasteiger partial charge in [-0.25, -0.2) is 0 Å². The van der Waals surface area contributed by atoms with E-state index < -0.39 is 0 Å². The summed E-state index contributed by atoms with van der Waals surface area (Å²) in [5.41, 5.74) is 0. The van der Waals surface area contributed by atoms with E-state index in [4.69, 9.17) is 11.5 Å². The van der Waals surface area contributed by atoms with Crippen LogP contribution < -0.4 is 0 Å². The van der Waals surface area contributed by atoms with Crippen molar-refractivity contribution in [2.24, 2.45) is 0 Å². The van der Waals surface area contributed by atoms with Crippen molar-refractivity contribution < 1.29 is 5.11 Å². The Hall–Kier alpha value is -0.920. The molecule has 72 valence electrons. The van der Waals surface area contributed by atoms with Gasteiger partial charge < -0.3 is 5.11 Å². The Morgan fingerprint density at radius 1 is 0.846 bits per heavy atom. The van der Waals surface area contributed by atoms with Gasteiger partial charge in [0.2, 0.25) is 0 Å². The average molecular weight is 178 g/mol. The molecule has 0 aromatic rings. The molecule has 1 heteroatoms. The molecule has 0 saturated carbocycles. The first kappa shape index (κ1) is 12.1. The summed E-state index contributed by atoms with van der Waals surface area (Å²) >= 11 is 0. The highest BCUT2D eigenvalue weighted by atomic mass is 16.2. The second kappa shape index (κ2) is 11.1. The third-order valence-corrected chi connectivity index (χ3v) is 1.73. The lowest BCUT2D eigenvalue weighted by Gasteiger charge is -1.93. The van der Waals surface area contributed by atoms with Crippen molar-refractivity contribution in [2.75, 3.05) is 6.61 Å². The molecule has 0 radical (unpaired) electrons. The minimum Gasteiger partial charge on any atom is -0.396 e. The number of aliphatic hydroxyl groups is 1. The van der Waals surface area contributed by atoms with Gasteiger partial charge in [-0.1, -0.05) is 12.8 Å². The fraction of sp³-hybridized carbons (Fsp3) is 0.667. The van der Waals surface area contributed by atoms with Crippen molar-refractivity contribution in [2.45, 2.75) is 44.9 Å². The zero-order valence-corrected chi connectivity index (χ0v) is 8.18. The Balaban J connectivity index is 3.05. The summed E-state index contributed by atoms with van der Waals surface area (Å²) < 4.78 is 0. The topological polar surface area (TPSA) is 20.2 Å². The molecule has 0 aliphatic carbocycles. The third-order valence-electron chi connectivity index (χ3n) is 1.73. The van der Waals surface area contributed by atoms with Gasteiger partial charge in [-0.2, -0.15) is 0 Å². The second-order valence-electron chi connectivity index (χ2n) is 2.95. The Labute approximate surface area is 81.5 Å². The van der Waals surface area contributed by atoms with E-state index in [2.05, 4.69) is 17.8 Å². The van der Waals surface area contributed by atoms with Crippen molar-refractivity contribution in [3.63, 3.8) is 0 Å². The van der Waals surface area contributed by atoms with Gasteiger partial charge in [0, 0.05) is 25.9 Å². The average Bonchev–Trinajstić information content (AvgIpc) is 2.16. The summed E-state index contributed by atoms with van der Waals surface area (Å²) in [6.07, 6.45) is 12.0. The molecular weight excluding hydrogens is 160 g/mol. The van der Waals surface area contributed by atoms with E-state index in [1.54, 1.807) is 0 Å². The molecule has 0 heterocycles. The minimum absolute atomic E-state index is 0.313. The molecule has 0 aliphatic rings. The zero-order chi connectivity index (χ0) is 9.78. The third kappa shape index (κ3) is 11.1. The highest BCUT2D eigenvalue weighted by Gasteiger charge is 1.86. The summed E-state index contributed by atoms with van der Waals surface area (Å²) in [6, 6.07) is 0. The van der Waals surface area contributed by atoms with Crippen molar-refractivity contribution in [1.82, 2.24) is 0 Å². The van der Waals surface area contributed by atoms with Gasteiger partial charge in [-0.15, -0.1) is 24.2 Å². The van der Waals surface area contributed by atoms with Crippen molar-refractivity contribution in [3.05, 3.63) is 0 Å². The lowest BCUT2D eigenvalue weighted by atomic mass is 10.1. The van der Waals surface area contributed by atoms with Crippen LogP contribution in [0.25, 0.3) is 0 Å². The Kier molecular flexibility index (Phi) is 10.3. The second-order valence-corrected chi connectivity index (χ2v) is 2.95. The lowest BCUT2D eigenvalue weighted by molar-refractivity contribution is 0.282. The van der Waals surface area contributed by atoms with Crippen LogP contribution in [0.2, 0.25) is 0 Å². The standard InChI is InChI=1S/C12H18O/c1-2-3-4-5-6-7-8-9-10-11-12-13/h1,13H,3-4,7-12H2. The van der Waals surface area contributed by atoms with E-state index in [9.17, 15) is 0 Å². The molecule has 0 saturated heterocycles. The van der Waals surface area contributed by atoms with Crippen molar-refractivity contribution in [3.8, 4) is 24.2 Å². The number of unbranched alkanes of at least 4 members (excludes halogenated alkanes) is 5. The molecule has 0 bridgehead atoms. The van der Waals surface area contributed by atoms with Crippen molar-refractivity contribution in [1.29, 1.82) is 0 Å². The fourth-order valence-electron chi connectivity index (χ4n) is 0.990. The Morgan fingerprint density at radius 2 is 1.54 bits per heavy atom. The molecule has 0 aromatic carbocycles. The summed E-state index contributed by atoms with van der Waals surface area (Å²) in [5.74, 6) is 8.68. The molecule has 0 atom stereocenters. The van der Waals surface area contributed by atoms with Gasteiger partial charge >= 0.3 is 0 Å². The molecule has 0 aliphatic heterocycles. The van der Waals surface area contributed by atoms with E-state index in [-0.39, 0.29) is 0 Å². The van der Waals surface area contributed by atoms with E-state index in [1.165, 1.54) is 6.42 Å². The van der Waals surface area contributed by atoms with Gasteiger partial charge in [0.25, 0.3) is 0 Å². The fourth-order valence-corrected chi connectivity index (χ4v) is 0.990. The predicted molar refractivity (Wildman–Crippen MR) is 56.0 cm³/mol. The molecule has 13 heavy (non-hydrogen) atoms. The van der Waals surface area contributed by atoms with E-state index in [1.807, 2.05) is 0 Å². The number of hydrogen-bond donors (Lipinski definition) is 1. The van der Waals surface area contributed by atoms with Crippen LogP contribution in [0, 0.1) is 24.2 Å². The van der Waals surface area contributed by atoms with Gasteiger partial charge in [-0.3, -0.25) is 0 Å². The Morgan fingerprint density at radius 3 is 2.23 bits per heavy atom. The number of terminal acetylenes is 1. The number of aliphatic hydroxyl groups excluding tert-OH is 1. The first-order valence-electron chi connectivity index (χ1n) is 4.92. The molecule has 0 fully saturated rings. The van der Waals surface area contributed by atoms with Crippen LogP contribution in [0.5, 0.6) is 0 Å². The zero-order valence-electron chi connectivity index (χ0n) is 8.18. The summed E-state index contributed by atoms with van der Waals surface area (Å²) in [7, 11) is 0. The highest BCUT2D eigenvalue weighted by Crippen LogP contribution is 2.01. The van der Waals surface area contributed by atoms with Crippen molar-refractivity contribution >= 4 is 0 Å². The largest absolute Gasteiger partial charge is 0.396 e. The lowest BCUT2D eigenvalue weighted by Crippen LogP contribution is -1.82. The predicted octanol–water partition coefficient (Wildman–Crippen LogP) is 2.35. The molecule has 0 amide bonds. The molecule has 0 aromatic heterocycles. The SMILES string of the molecule is C#CCCC#CCCCCCCO. The maximum absolute atomic E-state index is 8.52. The van der Waals surface area contributed by atoms with Gasteiger partial charge in [-0.05, 0) is 12.8 Å². The van der Waals surface area contributed by atoms with Crippen LogP contribution in [-0.4, -0.2) is 11.7 Å². The first-order valence-corrected chi connectivity index (χ1v) is 4.92. The monoisotopic (exact) mass is 178 g/mol. The quantitative estimate of drug-likeness (QED) is 0.489. The minimum atomic E-state index is 0.313. The van der Waals surface area contributed by atoms with Crippen LogP contribution >= 0.6 is 0 Å². The molecule has 1 nitrogen and oxygen atoms in total. The molecule has 0 spiro atoms. The van der Waals surface area contributed by atoms with Crippen LogP contribution in [0.1, 0.15) is 44.9 Å². The molecule has 0 unspecified atom stereocenters. The number of rotatable bonds is 6. The summed E-state index contributed by atoms with van der Waals surface area (Å²) in [4.78, 5) is 0. The normalized spacial score (nSPS) is 8.62. The van der Waals surface area contributed by atoms with E-state index in [0.29, 0.717) is 6.61 Å². The number of hydrogen-bond acceptors (Lipinski definition) is 1. The van der Waals surface area contributed by atoms with Crippen LogP contribution in [0.15, 0.2) is 0 Å².